The molecule has 1 saturated carbocycles. The van der Waals surface area contributed by atoms with Crippen molar-refractivity contribution < 1.29 is 18.8 Å². The Hall–Kier alpha value is -2.44. The highest BCUT2D eigenvalue weighted by Crippen LogP contribution is 2.28. The Bertz CT molecular complexity index is 670. The molecule has 1 aromatic rings. The molecule has 1 aliphatic heterocycles. The summed E-state index contributed by atoms with van der Waals surface area (Å²) in [5.74, 6) is -1.28. The van der Waals surface area contributed by atoms with Crippen LogP contribution in [0.3, 0.4) is 0 Å². The normalized spacial score (nSPS) is 24.3. The zero-order valence-electron chi connectivity index (χ0n) is 13.5. The number of nitrogens with one attached hydrogen (secondary N) is 2. The minimum atomic E-state index is -1.29. The second-order valence-electron chi connectivity index (χ2n) is 6.50. The van der Waals surface area contributed by atoms with Gasteiger partial charge in [0.2, 0.25) is 5.91 Å². The number of halogens is 1. The summed E-state index contributed by atoms with van der Waals surface area (Å²) in [5, 5.41) is 5.46. The molecule has 0 radical (unpaired) electrons. The van der Waals surface area contributed by atoms with Crippen molar-refractivity contribution in [1.82, 2.24) is 15.5 Å². The second-order valence-corrected chi connectivity index (χ2v) is 6.50. The van der Waals surface area contributed by atoms with E-state index < -0.39 is 23.3 Å². The van der Waals surface area contributed by atoms with Crippen LogP contribution in [0.4, 0.5) is 9.18 Å². The van der Waals surface area contributed by atoms with Crippen LogP contribution >= 0.6 is 0 Å². The van der Waals surface area contributed by atoms with E-state index in [0.29, 0.717) is 5.56 Å². The standard InChI is InChI=1S/C17H20FN3O3/c1-17(11-6-8-12(18)9-7-11)15(23)21(16(24)20-17)10-14(22)19-13-4-2-3-5-13/h6-9,13H,2-5,10H2,1H3,(H,19,22)(H,20,24)/t17-/m1/s1. The highest BCUT2D eigenvalue weighted by molar-refractivity contribution is 6.09. The third kappa shape index (κ3) is 2.98. The van der Waals surface area contributed by atoms with E-state index >= 15 is 0 Å². The molecule has 0 spiro atoms. The van der Waals surface area contributed by atoms with Gasteiger partial charge >= 0.3 is 6.03 Å². The quantitative estimate of drug-likeness (QED) is 0.823. The van der Waals surface area contributed by atoms with Crippen LogP contribution in [-0.4, -0.2) is 35.3 Å². The lowest BCUT2D eigenvalue weighted by atomic mass is 9.92. The van der Waals surface area contributed by atoms with Crippen molar-refractivity contribution in [3.8, 4) is 0 Å². The molecule has 0 aromatic heterocycles. The molecule has 128 valence electrons. The number of amides is 4. The summed E-state index contributed by atoms with van der Waals surface area (Å²) < 4.78 is 13.1. The van der Waals surface area contributed by atoms with Crippen LogP contribution in [0.5, 0.6) is 0 Å². The molecule has 3 rings (SSSR count). The Labute approximate surface area is 139 Å². The molecular formula is C17H20FN3O3. The first kappa shape index (κ1) is 16.4. The van der Waals surface area contributed by atoms with Crippen LogP contribution in [0.1, 0.15) is 38.2 Å². The number of rotatable bonds is 4. The zero-order valence-corrected chi connectivity index (χ0v) is 13.5. The van der Waals surface area contributed by atoms with Gasteiger partial charge in [-0.15, -0.1) is 0 Å². The fourth-order valence-electron chi connectivity index (χ4n) is 3.31. The van der Waals surface area contributed by atoms with Gasteiger partial charge in [-0.25, -0.2) is 9.18 Å². The molecule has 4 amide bonds. The van der Waals surface area contributed by atoms with Gasteiger partial charge in [-0.1, -0.05) is 25.0 Å². The molecule has 0 unspecified atom stereocenters. The molecule has 1 aromatic carbocycles. The van der Waals surface area contributed by atoms with Crippen LogP contribution in [0.15, 0.2) is 24.3 Å². The van der Waals surface area contributed by atoms with Gasteiger partial charge in [0.25, 0.3) is 5.91 Å². The molecule has 1 aliphatic carbocycles. The first-order chi connectivity index (χ1) is 11.4. The Balaban J connectivity index is 1.71. The van der Waals surface area contributed by atoms with Gasteiger partial charge in [0.1, 0.15) is 17.9 Å². The van der Waals surface area contributed by atoms with Gasteiger partial charge in [0.15, 0.2) is 0 Å². The number of hydrogen-bond donors (Lipinski definition) is 2. The van der Waals surface area contributed by atoms with Crippen LogP contribution in [-0.2, 0) is 15.1 Å². The second kappa shape index (κ2) is 6.22. The van der Waals surface area contributed by atoms with E-state index in [0.717, 1.165) is 30.6 Å². The third-order valence-electron chi connectivity index (χ3n) is 4.72. The summed E-state index contributed by atoms with van der Waals surface area (Å²) in [5.41, 5.74) is -0.820. The highest BCUT2D eigenvalue weighted by atomic mass is 19.1. The fourth-order valence-corrected chi connectivity index (χ4v) is 3.31. The smallest absolute Gasteiger partial charge is 0.325 e. The molecule has 24 heavy (non-hydrogen) atoms. The number of hydrogen-bond acceptors (Lipinski definition) is 3. The minimum absolute atomic E-state index is 0.127. The largest absolute Gasteiger partial charge is 0.352 e. The topological polar surface area (TPSA) is 78.5 Å². The van der Waals surface area contributed by atoms with Crippen molar-refractivity contribution in [2.24, 2.45) is 0 Å². The summed E-state index contributed by atoms with van der Waals surface area (Å²) in [6.07, 6.45) is 4.02. The molecule has 1 saturated heterocycles. The minimum Gasteiger partial charge on any atom is -0.352 e. The zero-order chi connectivity index (χ0) is 17.3. The Morgan fingerprint density at radius 3 is 2.54 bits per heavy atom. The Kier molecular flexibility index (Phi) is 4.26. The molecule has 2 aliphatic rings. The average Bonchev–Trinajstić information content (AvgIpc) is 3.11. The predicted octanol–water partition coefficient (Wildman–Crippen LogP) is 1.65. The van der Waals surface area contributed by atoms with Gasteiger partial charge in [-0.05, 0) is 37.5 Å². The van der Waals surface area contributed by atoms with Crippen molar-refractivity contribution in [3.05, 3.63) is 35.6 Å². The molecule has 2 N–H and O–H groups in total. The number of urea groups is 1. The van der Waals surface area contributed by atoms with Gasteiger partial charge < -0.3 is 10.6 Å². The summed E-state index contributed by atoms with van der Waals surface area (Å²) in [6.45, 7) is 1.24. The summed E-state index contributed by atoms with van der Waals surface area (Å²) in [6, 6.07) is 4.88. The molecule has 1 atom stereocenters. The van der Waals surface area contributed by atoms with Crippen molar-refractivity contribution in [1.29, 1.82) is 0 Å². The van der Waals surface area contributed by atoms with E-state index in [2.05, 4.69) is 10.6 Å². The van der Waals surface area contributed by atoms with E-state index in [1.807, 2.05) is 0 Å². The summed E-state index contributed by atoms with van der Waals surface area (Å²) in [4.78, 5) is 37.8. The van der Waals surface area contributed by atoms with Gasteiger partial charge in [0, 0.05) is 6.04 Å². The maximum Gasteiger partial charge on any atom is 0.325 e. The van der Waals surface area contributed by atoms with Crippen LogP contribution in [0.25, 0.3) is 0 Å². The highest BCUT2D eigenvalue weighted by Gasteiger charge is 2.49. The van der Waals surface area contributed by atoms with Gasteiger partial charge in [-0.2, -0.15) is 0 Å². The van der Waals surface area contributed by atoms with E-state index in [9.17, 15) is 18.8 Å². The van der Waals surface area contributed by atoms with Crippen LogP contribution in [0.2, 0.25) is 0 Å². The third-order valence-corrected chi connectivity index (χ3v) is 4.72. The van der Waals surface area contributed by atoms with Crippen molar-refractivity contribution >= 4 is 17.8 Å². The molecular weight excluding hydrogens is 313 g/mol. The number of nitrogens with zero attached hydrogens (tertiary/aromatic N) is 1. The number of carbonyl (C=O) groups is 3. The molecule has 7 heteroatoms. The lowest BCUT2D eigenvalue weighted by molar-refractivity contribution is -0.135. The van der Waals surface area contributed by atoms with E-state index in [1.54, 1.807) is 6.92 Å². The maximum absolute atomic E-state index is 13.1. The predicted molar refractivity (Wildman–Crippen MR) is 84.4 cm³/mol. The SMILES string of the molecule is C[C@]1(c2ccc(F)cc2)NC(=O)N(CC(=O)NC2CCCC2)C1=O. The lowest BCUT2D eigenvalue weighted by Gasteiger charge is -2.22. The average molecular weight is 333 g/mol. The van der Waals surface area contributed by atoms with Crippen molar-refractivity contribution in [2.45, 2.75) is 44.2 Å². The molecule has 1 heterocycles. The summed E-state index contributed by atoms with van der Waals surface area (Å²) in [7, 11) is 0. The monoisotopic (exact) mass is 333 g/mol. The number of carbonyl (C=O) groups excluding carboxylic acids is 3. The molecule has 6 nitrogen and oxygen atoms in total. The van der Waals surface area contributed by atoms with E-state index in [4.69, 9.17) is 0 Å². The fraction of sp³-hybridized carbons (Fsp3) is 0.471. The van der Waals surface area contributed by atoms with Crippen molar-refractivity contribution in [2.75, 3.05) is 6.54 Å². The number of benzene rings is 1. The van der Waals surface area contributed by atoms with Crippen molar-refractivity contribution in [3.63, 3.8) is 0 Å². The van der Waals surface area contributed by atoms with Crippen LogP contribution in [0, 0.1) is 5.82 Å². The Morgan fingerprint density at radius 1 is 1.29 bits per heavy atom. The molecule has 2 fully saturated rings. The first-order valence-electron chi connectivity index (χ1n) is 8.09. The first-order valence-corrected chi connectivity index (χ1v) is 8.09. The van der Waals surface area contributed by atoms with Crippen LogP contribution < -0.4 is 10.6 Å². The van der Waals surface area contributed by atoms with Gasteiger partial charge in [-0.3, -0.25) is 14.5 Å². The Morgan fingerprint density at radius 2 is 1.92 bits per heavy atom. The maximum atomic E-state index is 13.1. The molecule has 0 bridgehead atoms. The summed E-state index contributed by atoms with van der Waals surface area (Å²) >= 11 is 0. The van der Waals surface area contributed by atoms with E-state index in [1.165, 1.54) is 24.3 Å². The van der Waals surface area contributed by atoms with E-state index in [-0.39, 0.29) is 18.5 Å². The number of imide groups is 1. The van der Waals surface area contributed by atoms with Gasteiger partial charge in [0.05, 0.1) is 0 Å². The lowest BCUT2D eigenvalue weighted by Crippen LogP contribution is -2.45.